The summed E-state index contributed by atoms with van der Waals surface area (Å²) in [6, 6.07) is 2.41. The second kappa shape index (κ2) is 5.50. The van der Waals surface area contributed by atoms with E-state index in [0.29, 0.717) is 0 Å². The maximum atomic E-state index is 3.70. The minimum atomic E-state index is 0.748. The first kappa shape index (κ1) is 12.4. The number of likely N-dealkylation sites (tertiary alicyclic amines) is 1. The first-order chi connectivity index (χ1) is 7.70. The number of hydrogen-bond acceptors (Lipinski definition) is 2. The van der Waals surface area contributed by atoms with Crippen LogP contribution in [0.2, 0.25) is 0 Å². The number of piperidine rings is 1. The zero-order chi connectivity index (χ0) is 11.5. The minimum Gasteiger partial charge on any atom is -0.313 e. The van der Waals surface area contributed by atoms with Gasteiger partial charge in [0.15, 0.2) is 0 Å². The number of nitrogens with one attached hydrogen (secondary N) is 1. The minimum absolute atomic E-state index is 0.748. The van der Waals surface area contributed by atoms with Gasteiger partial charge in [-0.1, -0.05) is 13.8 Å². The molecule has 1 N–H and O–H groups in total. The normalized spacial score (nSPS) is 41.4. The Kier molecular flexibility index (Phi) is 4.26. The van der Waals surface area contributed by atoms with E-state index in [4.69, 9.17) is 0 Å². The van der Waals surface area contributed by atoms with E-state index in [1.54, 1.807) is 0 Å². The van der Waals surface area contributed by atoms with Crippen LogP contribution in [0.3, 0.4) is 0 Å². The number of nitrogens with zero attached hydrogens (tertiary/aromatic N) is 1. The van der Waals surface area contributed by atoms with Crippen LogP contribution in [0.1, 0.15) is 52.9 Å². The summed E-state index contributed by atoms with van der Waals surface area (Å²) in [5, 5.41) is 3.70. The van der Waals surface area contributed by atoms with Crippen LogP contribution in [0.25, 0.3) is 0 Å². The highest BCUT2D eigenvalue weighted by molar-refractivity contribution is 4.88. The van der Waals surface area contributed by atoms with Gasteiger partial charge >= 0.3 is 0 Å². The standard InChI is InChI=1S/C14H28N2/c1-4-14-6-5-12(3)16(14)10-13-9-11(2)7-8-15-13/h11-15H,4-10H2,1-3H3. The Morgan fingerprint density at radius 2 is 2.00 bits per heavy atom. The van der Waals surface area contributed by atoms with Gasteiger partial charge in [-0.05, 0) is 51.5 Å². The molecule has 2 rings (SSSR count). The second-order valence-electron chi connectivity index (χ2n) is 5.97. The molecule has 0 aromatic rings. The van der Waals surface area contributed by atoms with Crippen molar-refractivity contribution in [1.29, 1.82) is 0 Å². The first-order valence-electron chi connectivity index (χ1n) is 7.19. The van der Waals surface area contributed by atoms with Crippen molar-refractivity contribution in [3.8, 4) is 0 Å². The van der Waals surface area contributed by atoms with Crippen LogP contribution >= 0.6 is 0 Å². The lowest BCUT2D eigenvalue weighted by molar-refractivity contribution is 0.156. The molecule has 2 aliphatic rings. The van der Waals surface area contributed by atoms with Crippen LogP contribution in [0, 0.1) is 5.92 Å². The van der Waals surface area contributed by atoms with Gasteiger partial charge in [0.05, 0.1) is 0 Å². The third kappa shape index (κ3) is 2.78. The Morgan fingerprint density at radius 1 is 1.19 bits per heavy atom. The van der Waals surface area contributed by atoms with Crippen molar-refractivity contribution < 1.29 is 0 Å². The van der Waals surface area contributed by atoms with Gasteiger partial charge in [-0.25, -0.2) is 0 Å². The van der Waals surface area contributed by atoms with Crippen molar-refractivity contribution in [2.45, 2.75) is 71.0 Å². The van der Waals surface area contributed by atoms with E-state index in [-0.39, 0.29) is 0 Å². The van der Waals surface area contributed by atoms with E-state index in [0.717, 1.165) is 24.0 Å². The molecule has 16 heavy (non-hydrogen) atoms. The smallest absolute Gasteiger partial charge is 0.0197 e. The van der Waals surface area contributed by atoms with Gasteiger partial charge in [0.25, 0.3) is 0 Å². The Morgan fingerprint density at radius 3 is 2.69 bits per heavy atom. The van der Waals surface area contributed by atoms with Crippen LogP contribution in [-0.2, 0) is 0 Å². The van der Waals surface area contributed by atoms with E-state index in [1.165, 1.54) is 45.2 Å². The zero-order valence-corrected chi connectivity index (χ0v) is 11.2. The number of rotatable bonds is 3. The summed E-state index contributed by atoms with van der Waals surface area (Å²) in [5.41, 5.74) is 0. The third-order valence-corrected chi connectivity index (χ3v) is 4.61. The maximum absolute atomic E-state index is 3.70. The molecule has 4 atom stereocenters. The summed E-state index contributed by atoms with van der Waals surface area (Å²) in [6.07, 6.45) is 6.89. The predicted molar refractivity (Wildman–Crippen MR) is 69.7 cm³/mol. The van der Waals surface area contributed by atoms with E-state index < -0.39 is 0 Å². The molecular weight excluding hydrogens is 196 g/mol. The average Bonchev–Trinajstić information content (AvgIpc) is 2.60. The van der Waals surface area contributed by atoms with Crippen molar-refractivity contribution in [3.63, 3.8) is 0 Å². The molecule has 2 heterocycles. The lowest BCUT2D eigenvalue weighted by Gasteiger charge is -2.35. The highest BCUT2D eigenvalue weighted by Gasteiger charge is 2.31. The average molecular weight is 224 g/mol. The fourth-order valence-corrected chi connectivity index (χ4v) is 3.51. The second-order valence-corrected chi connectivity index (χ2v) is 5.97. The van der Waals surface area contributed by atoms with Gasteiger partial charge in [0.2, 0.25) is 0 Å². The van der Waals surface area contributed by atoms with Gasteiger partial charge in [-0.3, -0.25) is 4.90 Å². The van der Waals surface area contributed by atoms with Gasteiger partial charge in [0.1, 0.15) is 0 Å². The summed E-state index contributed by atoms with van der Waals surface area (Å²) in [7, 11) is 0. The van der Waals surface area contributed by atoms with Gasteiger partial charge in [-0.15, -0.1) is 0 Å². The van der Waals surface area contributed by atoms with E-state index >= 15 is 0 Å². The summed E-state index contributed by atoms with van der Waals surface area (Å²) in [4.78, 5) is 2.76. The SMILES string of the molecule is CCC1CCC(C)N1CC1CC(C)CCN1. The molecule has 2 nitrogen and oxygen atoms in total. The van der Waals surface area contributed by atoms with Crippen molar-refractivity contribution in [1.82, 2.24) is 10.2 Å². The van der Waals surface area contributed by atoms with Crippen LogP contribution in [0.15, 0.2) is 0 Å². The Labute approximate surface area is 101 Å². The van der Waals surface area contributed by atoms with E-state index in [9.17, 15) is 0 Å². The molecule has 2 saturated heterocycles. The highest BCUT2D eigenvalue weighted by Crippen LogP contribution is 2.27. The summed E-state index contributed by atoms with van der Waals surface area (Å²) in [5.74, 6) is 0.921. The molecule has 2 fully saturated rings. The van der Waals surface area contributed by atoms with Gasteiger partial charge in [0, 0.05) is 24.7 Å². The molecule has 2 aliphatic heterocycles. The molecule has 0 aliphatic carbocycles. The third-order valence-electron chi connectivity index (χ3n) is 4.61. The molecule has 0 bridgehead atoms. The molecule has 0 aromatic carbocycles. The Hall–Kier alpha value is -0.0800. The molecule has 0 saturated carbocycles. The monoisotopic (exact) mass is 224 g/mol. The topological polar surface area (TPSA) is 15.3 Å². The van der Waals surface area contributed by atoms with E-state index in [2.05, 4.69) is 31.0 Å². The molecule has 0 radical (unpaired) electrons. The van der Waals surface area contributed by atoms with Crippen molar-refractivity contribution in [2.75, 3.05) is 13.1 Å². The molecule has 94 valence electrons. The van der Waals surface area contributed by atoms with Gasteiger partial charge in [-0.2, -0.15) is 0 Å². The lowest BCUT2D eigenvalue weighted by atomic mass is 9.94. The fourth-order valence-electron chi connectivity index (χ4n) is 3.51. The summed E-state index contributed by atoms with van der Waals surface area (Å²) in [6.45, 7) is 9.65. The summed E-state index contributed by atoms with van der Waals surface area (Å²) < 4.78 is 0. The van der Waals surface area contributed by atoms with Crippen molar-refractivity contribution >= 4 is 0 Å². The number of hydrogen-bond donors (Lipinski definition) is 1. The molecular formula is C14H28N2. The molecule has 0 amide bonds. The predicted octanol–water partition coefficient (Wildman–Crippen LogP) is 2.64. The van der Waals surface area contributed by atoms with Crippen LogP contribution < -0.4 is 5.32 Å². The highest BCUT2D eigenvalue weighted by atomic mass is 15.2. The van der Waals surface area contributed by atoms with Crippen molar-refractivity contribution in [3.05, 3.63) is 0 Å². The van der Waals surface area contributed by atoms with Crippen molar-refractivity contribution in [2.24, 2.45) is 5.92 Å². The quantitative estimate of drug-likeness (QED) is 0.793. The summed E-state index contributed by atoms with van der Waals surface area (Å²) >= 11 is 0. The largest absolute Gasteiger partial charge is 0.313 e. The molecule has 4 unspecified atom stereocenters. The Balaban J connectivity index is 1.87. The van der Waals surface area contributed by atoms with Crippen LogP contribution in [0.4, 0.5) is 0 Å². The lowest BCUT2D eigenvalue weighted by Crippen LogP contribution is -2.48. The molecule has 0 aromatic heterocycles. The van der Waals surface area contributed by atoms with E-state index in [1.807, 2.05) is 0 Å². The first-order valence-corrected chi connectivity index (χ1v) is 7.19. The van der Waals surface area contributed by atoms with Crippen LogP contribution in [0.5, 0.6) is 0 Å². The zero-order valence-electron chi connectivity index (χ0n) is 11.2. The Bertz CT molecular complexity index is 217. The van der Waals surface area contributed by atoms with Crippen LogP contribution in [-0.4, -0.2) is 36.1 Å². The maximum Gasteiger partial charge on any atom is 0.0197 e. The molecule has 2 heteroatoms. The fraction of sp³-hybridized carbons (Fsp3) is 1.00. The molecule has 0 spiro atoms. The van der Waals surface area contributed by atoms with Gasteiger partial charge < -0.3 is 5.32 Å².